The van der Waals surface area contributed by atoms with E-state index in [-0.39, 0.29) is 10.4 Å². The number of hydrogen-bond acceptors (Lipinski definition) is 2. The number of nitrogens with zero attached hydrogens (tertiary/aromatic N) is 2. The van der Waals surface area contributed by atoms with Gasteiger partial charge < -0.3 is 9.30 Å². The Morgan fingerprint density at radius 3 is 2.83 bits per heavy atom. The van der Waals surface area contributed by atoms with Crippen molar-refractivity contribution in [2.24, 2.45) is 0 Å². The number of methoxy groups -OCH3 is 1. The molecule has 1 unspecified atom stereocenters. The van der Waals surface area contributed by atoms with Crippen LogP contribution in [-0.2, 0) is 11.3 Å². The van der Waals surface area contributed by atoms with Gasteiger partial charge in [-0.05, 0) is 13.0 Å². The number of ether oxygens (including phenoxy) is 1. The molecule has 1 aromatic heterocycles. The Kier molecular flexibility index (Phi) is 4.10. The van der Waals surface area contributed by atoms with Gasteiger partial charge in [0, 0.05) is 19.7 Å². The van der Waals surface area contributed by atoms with Crippen molar-refractivity contribution in [1.82, 2.24) is 9.55 Å². The Morgan fingerprint density at radius 1 is 1.50 bits per heavy atom. The zero-order chi connectivity index (χ0) is 13.3. The molecule has 98 valence electrons. The van der Waals surface area contributed by atoms with Gasteiger partial charge in [0.15, 0.2) is 0 Å². The number of aromatic nitrogens is 2. The highest BCUT2D eigenvalue weighted by Crippen LogP contribution is 2.28. The fourth-order valence-corrected chi connectivity index (χ4v) is 2.18. The molecule has 0 bridgehead atoms. The Balaban J connectivity index is 2.61. The standard InChI is InChI=1S/C12H13Cl2FN2O/c1-7(13)12-16-10-6-9(15)8(14)5-11(10)17(12)3-4-18-2/h5-7H,3-4H2,1-2H3. The molecule has 0 aliphatic rings. The largest absolute Gasteiger partial charge is 0.383 e. The van der Waals surface area contributed by atoms with Gasteiger partial charge in [-0.2, -0.15) is 0 Å². The third-order valence-electron chi connectivity index (χ3n) is 2.69. The maximum Gasteiger partial charge on any atom is 0.144 e. The summed E-state index contributed by atoms with van der Waals surface area (Å²) in [5.74, 6) is 0.208. The summed E-state index contributed by atoms with van der Waals surface area (Å²) in [6, 6.07) is 2.89. The van der Waals surface area contributed by atoms with Gasteiger partial charge in [-0.25, -0.2) is 9.37 Å². The molecule has 0 aliphatic carbocycles. The minimum atomic E-state index is -0.477. The van der Waals surface area contributed by atoms with Crippen molar-refractivity contribution in [2.45, 2.75) is 18.8 Å². The number of imidazole rings is 1. The van der Waals surface area contributed by atoms with E-state index >= 15 is 0 Å². The number of alkyl halides is 1. The van der Waals surface area contributed by atoms with Crippen molar-refractivity contribution < 1.29 is 9.13 Å². The lowest BCUT2D eigenvalue weighted by molar-refractivity contribution is 0.187. The molecule has 0 aliphatic heterocycles. The van der Waals surface area contributed by atoms with E-state index in [2.05, 4.69) is 4.98 Å². The van der Waals surface area contributed by atoms with Crippen molar-refractivity contribution >= 4 is 34.2 Å². The fraction of sp³-hybridized carbons (Fsp3) is 0.417. The summed E-state index contributed by atoms with van der Waals surface area (Å²) in [6.45, 7) is 2.95. The summed E-state index contributed by atoms with van der Waals surface area (Å²) < 4.78 is 20.4. The third kappa shape index (κ3) is 2.46. The molecule has 2 aromatic rings. The molecule has 18 heavy (non-hydrogen) atoms. The van der Waals surface area contributed by atoms with E-state index in [1.54, 1.807) is 13.2 Å². The maximum absolute atomic E-state index is 13.4. The predicted molar refractivity (Wildman–Crippen MR) is 70.8 cm³/mol. The van der Waals surface area contributed by atoms with E-state index in [1.165, 1.54) is 6.07 Å². The first-order valence-electron chi connectivity index (χ1n) is 5.52. The number of hydrogen-bond donors (Lipinski definition) is 0. The highest BCUT2D eigenvalue weighted by Gasteiger charge is 2.16. The SMILES string of the molecule is COCCn1c(C(C)Cl)nc2cc(F)c(Cl)cc21. The number of rotatable bonds is 4. The van der Waals surface area contributed by atoms with Crippen molar-refractivity contribution in [2.75, 3.05) is 13.7 Å². The summed E-state index contributed by atoms with van der Waals surface area (Å²) in [7, 11) is 1.62. The monoisotopic (exact) mass is 290 g/mol. The minimum absolute atomic E-state index is 0.0786. The van der Waals surface area contributed by atoms with Crippen LogP contribution < -0.4 is 0 Å². The zero-order valence-electron chi connectivity index (χ0n) is 10.1. The molecular formula is C12H13Cl2FN2O. The summed E-state index contributed by atoms with van der Waals surface area (Å²) in [6.07, 6.45) is 0. The van der Waals surface area contributed by atoms with Crippen LogP contribution >= 0.6 is 23.2 Å². The Hall–Kier alpha value is -0.840. The van der Waals surface area contributed by atoms with Crippen molar-refractivity contribution in [3.8, 4) is 0 Å². The molecule has 1 aromatic carbocycles. The average molecular weight is 291 g/mol. The van der Waals surface area contributed by atoms with Gasteiger partial charge in [0.1, 0.15) is 11.6 Å². The van der Waals surface area contributed by atoms with E-state index in [4.69, 9.17) is 27.9 Å². The molecular weight excluding hydrogens is 278 g/mol. The summed E-state index contributed by atoms with van der Waals surface area (Å²) in [4.78, 5) is 4.34. The van der Waals surface area contributed by atoms with E-state index in [1.807, 2.05) is 11.5 Å². The van der Waals surface area contributed by atoms with E-state index in [0.717, 1.165) is 5.52 Å². The number of benzene rings is 1. The molecule has 1 heterocycles. The molecule has 0 radical (unpaired) electrons. The highest BCUT2D eigenvalue weighted by molar-refractivity contribution is 6.31. The zero-order valence-corrected chi connectivity index (χ0v) is 11.6. The molecule has 2 rings (SSSR count). The molecule has 0 N–H and O–H groups in total. The van der Waals surface area contributed by atoms with Crippen LogP contribution in [0.4, 0.5) is 4.39 Å². The van der Waals surface area contributed by atoms with Crippen LogP contribution in [0.5, 0.6) is 0 Å². The van der Waals surface area contributed by atoms with Gasteiger partial charge in [-0.1, -0.05) is 11.6 Å². The van der Waals surface area contributed by atoms with Gasteiger partial charge in [-0.3, -0.25) is 0 Å². The van der Waals surface area contributed by atoms with Gasteiger partial charge in [0.05, 0.1) is 28.0 Å². The quantitative estimate of drug-likeness (QED) is 0.802. The molecule has 6 heteroatoms. The Bertz CT molecular complexity index is 569. The first-order valence-corrected chi connectivity index (χ1v) is 6.34. The van der Waals surface area contributed by atoms with Crippen LogP contribution in [0.3, 0.4) is 0 Å². The van der Waals surface area contributed by atoms with Crippen LogP contribution in [0.15, 0.2) is 12.1 Å². The van der Waals surface area contributed by atoms with E-state index in [9.17, 15) is 4.39 Å². The van der Waals surface area contributed by atoms with Gasteiger partial charge in [0.2, 0.25) is 0 Å². The molecule has 0 spiro atoms. The summed E-state index contributed by atoms with van der Waals surface area (Å²) in [5, 5.41) is -0.189. The topological polar surface area (TPSA) is 27.1 Å². The average Bonchev–Trinajstić information content (AvgIpc) is 2.65. The second-order valence-corrected chi connectivity index (χ2v) is 5.05. The Morgan fingerprint density at radius 2 is 2.22 bits per heavy atom. The molecule has 0 amide bonds. The van der Waals surface area contributed by atoms with Gasteiger partial charge in [-0.15, -0.1) is 11.6 Å². The van der Waals surface area contributed by atoms with Crippen LogP contribution in [-0.4, -0.2) is 23.3 Å². The normalized spacial score (nSPS) is 13.2. The van der Waals surface area contributed by atoms with Crippen LogP contribution in [0, 0.1) is 5.82 Å². The van der Waals surface area contributed by atoms with Crippen molar-refractivity contribution in [1.29, 1.82) is 0 Å². The highest BCUT2D eigenvalue weighted by atomic mass is 35.5. The van der Waals surface area contributed by atoms with E-state index < -0.39 is 5.82 Å². The summed E-state index contributed by atoms with van der Waals surface area (Å²) in [5.41, 5.74) is 1.32. The molecule has 3 nitrogen and oxygen atoms in total. The van der Waals surface area contributed by atoms with Crippen LogP contribution in [0.25, 0.3) is 11.0 Å². The van der Waals surface area contributed by atoms with Crippen LogP contribution in [0.2, 0.25) is 5.02 Å². The Labute approximate surface area is 114 Å². The van der Waals surface area contributed by atoms with Crippen LogP contribution in [0.1, 0.15) is 18.1 Å². The second kappa shape index (κ2) is 5.43. The van der Waals surface area contributed by atoms with E-state index in [0.29, 0.717) is 24.5 Å². The lowest BCUT2D eigenvalue weighted by atomic mass is 10.3. The molecule has 1 atom stereocenters. The fourth-order valence-electron chi connectivity index (χ4n) is 1.86. The first-order chi connectivity index (χ1) is 8.54. The molecule has 0 saturated carbocycles. The number of fused-ring (bicyclic) bond motifs is 1. The first kappa shape index (κ1) is 13.6. The lowest BCUT2D eigenvalue weighted by Gasteiger charge is -2.09. The maximum atomic E-state index is 13.4. The van der Waals surface area contributed by atoms with Gasteiger partial charge in [0.25, 0.3) is 0 Å². The lowest BCUT2D eigenvalue weighted by Crippen LogP contribution is -2.08. The molecule has 0 saturated heterocycles. The van der Waals surface area contributed by atoms with Crippen molar-refractivity contribution in [3.05, 3.63) is 28.8 Å². The smallest absolute Gasteiger partial charge is 0.144 e. The third-order valence-corrected chi connectivity index (χ3v) is 3.18. The molecule has 0 fully saturated rings. The number of halogens is 3. The predicted octanol–water partition coefficient (Wildman–Crippen LogP) is 3.78. The van der Waals surface area contributed by atoms with Gasteiger partial charge >= 0.3 is 0 Å². The second-order valence-electron chi connectivity index (χ2n) is 3.99. The summed E-state index contributed by atoms with van der Waals surface area (Å²) >= 11 is 11.9. The van der Waals surface area contributed by atoms with Crippen molar-refractivity contribution in [3.63, 3.8) is 0 Å². The minimum Gasteiger partial charge on any atom is -0.383 e.